The number of rotatable bonds is 15. The van der Waals surface area contributed by atoms with E-state index in [2.05, 4.69) is 27.7 Å². The van der Waals surface area contributed by atoms with E-state index in [1.165, 1.54) is 107 Å². The summed E-state index contributed by atoms with van der Waals surface area (Å²) in [5.74, 6) is 0. The van der Waals surface area contributed by atoms with E-state index in [1.807, 2.05) is 0 Å². The highest BCUT2D eigenvalue weighted by Crippen LogP contribution is 2.24. The molecule has 0 N–H and O–H groups in total. The summed E-state index contributed by atoms with van der Waals surface area (Å²) >= 11 is 0. The van der Waals surface area contributed by atoms with Crippen molar-refractivity contribution in [2.24, 2.45) is 0 Å². The van der Waals surface area contributed by atoms with Crippen LogP contribution in [0.15, 0.2) is 24.3 Å². The van der Waals surface area contributed by atoms with Crippen LogP contribution >= 0.6 is 0 Å². The molecule has 0 spiro atoms. The van der Waals surface area contributed by atoms with Gasteiger partial charge >= 0.3 is 0 Å². The van der Waals surface area contributed by atoms with Crippen LogP contribution in [0.1, 0.15) is 96.8 Å². The van der Waals surface area contributed by atoms with Crippen molar-refractivity contribution in [1.82, 2.24) is 0 Å². The Bertz CT molecular complexity index is 715. The van der Waals surface area contributed by atoms with Crippen molar-refractivity contribution in [2.45, 2.75) is 91.2 Å². The highest BCUT2D eigenvalue weighted by molar-refractivity contribution is 7.85. The van der Waals surface area contributed by atoms with Gasteiger partial charge in [0.15, 0.2) is 0 Å². The van der Waals surface area contributed by atoms with Gasteiger partial charge in [-0.25, -0.2) is 8.42 Å². The maximum absolute atomic E-state index is 10.7. The van der Waals surface area contributed by atoms with Gasteiger partial charge in [-0.2, -0.15) is 0 Å². The standard InChI is InChI=1S/C16H36N.C8H9NO5S/c1-5-9-13-17(14-10-6-2,15-11-7-3)16-12-8-4;1-6(15(12,13)14)7-3-2-4-8(5-7)9(10)11/h5-16H2,1-4H3;2-6H,1H3,(H,12,13,14)/q+1;/p-1. The topological polar surface area (TPSA) is 100 Å². The Hall–Kier alpha value is -1.51. The quantitative estimate of drug-likeness (QED) is 0.131. The van der Waals surface area contributed by atoms with E-state index in [-0.39, 0.29) is 11.3 Å². The zero-order valence-electron chi connectivity index (χ0n) is 20.7. The molecule has 1 aromatic carbocycles. The molecule has 0 saturated heterocycles. The number of non-ortho nitro benzene ring substituents is 1. The highest BCUT2D eigenvalue weighted by Gasteiger charge is 2.24. The second-order valence-electron chi connectivity index (χ2n) is 8.64. The summed E-state index contributed by atoms with van der Waals surface area (Å²) in [6.07, 6.45) is 11.1. The minimum Gasteiger partial charge on any atom is -0.747 e. The molecule has 0 aliphatic rings. The molecule has 0 aromatic heterocycles. The molecule has 1 unspecified atom stereocenters. The summed E-state index contributed by atoms with van der Waals surface area (Å²) in [4.78, 5) is 9.76. The molecule has 1 atom stereocenters. The van der Waals surface area contributed by atoms with Crippen molar-refractivity contribution >= 4 is 15.8 Å². The van der Waals surface area contributed by atoms with E-state index in [1.54, 1.807) is 0 Å². The number of nitrogens with zero attached hydrogens (tertiary/aromatic N) is 2. The lowest BCUT2D eigenvalue weighted by Gasteiger charge is -2.39. The summed E-state index contributed by atoms with van der Waals surface area (Å²) in [7, 11) is -4.47. The molecule has 32 heavy (non-hydrogen) atoms. The molecule has 0 saturated carbocycles. The lowest BCUT2D eigenvalue weighted by atomic mass is 10.1. The summed E-state index contributed by atoms with van der Waals surface area (Å²) < 4.78 is 33.5. The van der Waals surface area contributed by atoms with Gasteiger partial charge in [0, 0.05) is 12.1 Å². The minimum atomic E-state index is -4.47. The lowest BCUT2D eigenvalue weighted by molar-refractivity contribution is -0.929. The highest BCUT2D eigenvalue weighted by atomic mass is 32.2. The summed E-state index contributed by atoms with van der Waals surface area (Å²) in [6, 6.07) is 5.02. The first kappa shape index (κ1) is 30.5. The number of unbranched alkanes of at least 4 members (excludes halogenated alkanes) is 4. The third kappa shape index (κ3) is 11.9. The first-order valence-electron chi connectivity index (χ1n) is 12.1. The Morgan fingerprint density at radius 3 is 1.59 bits per heavy atom. The van der Waals surface area contributed by atoms with E-state index in [4.69, 9.17) is 0 Å². The van der Waals surface area contributed by atoms with E-state index in [9.17, 15) is 23.1 Å². The summed E-state index contributed by atoms with van der Waals surface area (Å²) in [5.41, 5.74) is -0.109. The number of quaternary nitrogens is 1. The first-order chi connectivity index (χ1) is 15.1. The van der Waals surface area contributed by atoms with Gasteiger partial charge in [0.05, 0.1) is 36.4 Å². The van der Waals surface area contributed by atoms with Gasteiger partial charge in [-0.1, -0.05) is 65.5 Å². The molecule has 1 rings (SSSR count). The van der Waals surface area contributed by atoms with Crippen LogP contribution in [0, 0.1) is 10.1 Å². The molecule has 8 heteroatoms. The van der Waals surface area contributed by atoms with Crippen LogP contribution in [0.5, 0.6) is 0 Å². The fourth-order valence-corrected chi connectivity index (χ4v) is 4.18. The van der Waals surface area contributed by atoms with Gasteiger partial charge in [-0.15, -0.1) is 0 Å². The van der Waals surface area contributed by atoms with Gasteiger partial charge in [-0.05, 0) is 38.2 Å². The third-order valence-electron chi connectivity index (χ3n) is 5.93. The Morgan fingerprint density at radius 1 is 0.875 bits per heavy atom. The van der Waals surface area contributed by atoms with Crippen LogP contribution < -0.4 is 0 Å². The average Bonchev–Trinajstić information content (AvgIpc) is 2.77. The van der Waals surface area contributed by atoms with E-state index in [0.717, 1.165) is 6.07 Å². The fraction of sp³-hybridized carbons (Fsp3) is 0.750. The molecule has 1 aromatic rings. The van der Waals surface area contributed by atoms with Crippen molar-refractivity contribution in [3.8, 4) is 0 Å². The van der Waals surface area contributed by atoms with Gasteiger partial charge in [0.1, 0.15) is 10.1 Å². The number of nitro groups is 1. The van der Waals surface area contributed by atoms with Gasteiger partial charge in [0.25, 0.3) is 5.69 Å². The smallest absolute Gasteiger partial charge is 0.269 e. The monoisotopic (exact) mass is 472 g/mol. The molecule has 0 aliphatic carbocycles. The van der Waals surface area contributed by atoms with Gasteiger partial charge in [-0.3, -0.25) is 10.1 Å². The van der Waals surface area contributed by atoms with Gasteiger partial charge < -0.3 is 9.04 Å². The maximum Gasteiger partial charge on any atom is 0.269 e. The summed E-state index contributed by atoms with van der Waals surface area (Å²) in [5, 5.41) is 9.12. The fourth-order valence-electron chi connectivity index (χ4n) is 3.70. The molecule has 0 bridgehead atoms. The van der Waals surface area contributed by atoms with Crippen LogP contribution in [-0.4, -0.2) is 48.6 Å². The summed E-state index contributed by atoms with van der Waals surface area (Å²) in [6.45, 7) is 16.2. The molecule has 0 radical (unpaired) electrons. The molecule has 0 amide bonds. The predicted molar refractivity (Wildman–Crippen MR) is 131 cm³/mol. The lowest BCUT2D eigenvalue weighted by Crippen LogP contribution is -2.50. The zero-order valence-corrected chi connectivity index (χ0v) is 21.5. The largest absolute Gasteiger partial charge is 0.747 e. The number of hydrogen-bond donors (Lipinski definition) is 0. The van der Waals surface area contributed by atoms with Crippen LogP contribution in [0.2, 0.25) is 0 Å². The average molecular weight is 473 g/mol. The molecular formula is C24H44N2O5S. The Balaban J connectivity index is 0.000000604. The Kier molecular flexibility index (Phi) is 15.4. The second kappa shape index (κ2) is 16.2. The molecule has 0 aliphatic heterocycles. The van der Waals surface area contributed by atoms with Crippen LogP contribution in [0.3, 0.4) is 0 Å². The van der Waals surface area contributed by atoms with Crippen molar-refractivity contribution in [3.63, 3.8) is 0 Å². The van der Waals surface area contributed by atoms with Crippen LogP contribution in [-0.2, 0) is 10.1 Å². The minimum absolute atomic E-state index is 0.124. The first-order valence-corrected chi connectivity index (χ1v) is 13.6. The Labute approximate surface area is 195 Å². The molecule has 0 heterocycles. The van der Waals surface area contributed by atoms with Crippen molar-refractivity contribution in [2.75, 3.05) is 26.2 Å². The Morgan fingerprint density at radius 2 is 1.28 bits per heavy atom. The number of hydrogen-bond acceptors (Lipinski definition) is 5. The number of nitro benzene ring substituents is 1. The van der Waals surface area contributed by atoms with Crippen LogP contribution in [0.4, 0.5) is 5.69 Å². The molecule has 186 valence electrons. The number of benzene rings is 1. The second-order valence-corrected chi connectivity index (χ2v) is 10.3. The van der Waals surface area contributed by atoms with E-state index >= 15 is 0 Å². The SMILES string of the molecule is CC(c1cccc([N+](=O)[O-])c1)S(=O)(=O)[O-].CCCC[N+](CCCC)(CCCC)CCCC. The molecule has 7 nitrogen and oxygen atoms in total. The molecule has 0 fully saturated rings. The molecular weight excluding hydrogens is 428 g/mol. The van der Waals surface area contributed by atoms with Crippen molar-refractivity contribution in [3.05, 3.63) is 39.9 Å². The normalized spacial score (nSPS) is 12.7. The van der Waals surface area contributed by atoms with Crippen molar-refractivity contribution in [1.29, 1.82) is 0 Å². The maximum atomic E-state index is 10.7. The van der Waals surface area contributed by atoms with E-state index in [0.29, 0.717) is 0 Å². The van der Waals surface area contributed by atoms with E-state index < -0.39 is 20.3 Å². The predicted octanol–water partition coefficient (Wildman–Crippen LogP) is 6.20. The van der Waals surface area contributed by atoms with Crippen LogP contribution in [0.25, 0.3) is 0 Å². The third-order valence-corrected chi connectivity index (χ3v) is 7.07. The van der Waals surface area contributed by atoms with Crippen molar-refractivity contribution < 1.29 is 22.4 Å². The zero-order chi connectivity index (χ0) is 24.6. The van der Waals surface area contributed by atoms with Gasteiger partial charge in [0.2, 0.25) is 0 Å².